The Bertz CT molecular complexity index is 309. The minimum Gasteiger partial charge on any atom is -0.166 e. The normalized spacial score (nSPS) is 14.3. The van der Waals surface area contributed by atoms with Gasteiger partial charge < -0.3 is 0 Å². The van der Waals surface area contributed by atoms with Crippen LogP contribution < -0.4 is 0 Å². The Morgan fingerprint density at radius 2 is 1.40 bits per heavy atom. The van der Waals surface area contributed by atoms with Gasteiger partial charge in [0.15, 0.2) is 0 Å². The molecule has 0 amide bonds. The highest BCUT2D eigenvalue weighted by Gasteiger charge is 2.30. The maximum atomic E-state index is 12.3. The second-order valence-electron chi connectivity index (χ2n) is 4.15. The van der Waals surface area contributed by atoms with Crippen LogP contribution in [0, 0.1) is 5.92 Å². The number of benzene rings is 1. The van der Waals surface area contributed by atoms with E-state index in [2.05, 4.69) is 13.8 Å². The molecule has 0 saturated heterocycles. The van der Waals surface area contributed by atoms with E-state index in [1.807, 2.05) is 6.92 Å². The monoisotopic (exact) mass is 216 g/mol. The molecule has 1 unspecified atom stereocenters. The van der Waals surface area contributed by atoms with E-state index < -0.39 is 11.7 Å². The molecule has 0 heterocycles. The van der Waals surface area contributed by atoms with Crippen molar-refractivity contribution in [1.29, 1.82) is 0 Å². The Labute approximate surface area is 88.1 Å². The molecule has 0 saturated carbocycles. The largest absolute Gasteiger partial charge is 0.416 e. The molecule has 0 bridgehead atoms. The molecule has 15 heavy (non-hydrogen) atoms. The van der Waals surface area contributed by atoms with E-state index in [0.717, 1.165) is 17.7 Å². The molecule has 3 heteroatoms. The summed E-state index contributed by atoms with van der Waals surface area (Å²) in [7, 11) is 0. The highest BCUT2D eigenvalue weighted by molar-refractivity contribution is 5.26. The van der Waals surface area contributed by atoms with E-state index in [1.54, 1.807) is 12.1 Å². The van der Waals surface area contributed by atoms with Gasteiger partial charge in [0.1, 0.15) is 0 Å². The van der Waals surface area contributed by atoms with Crippen molar-refractivity contribution >= 4 is 0 Å². The molecule has 0 aliphatic carbocycles. The van der Waals surface area contributed by atoms with E-state index in [4.69, 9.17) is 0 Å². The molecule has 0 aliphatic heterocycles. The third kappa shape index (κ3) is 2.98. The third-order valence-corrected chi connectivity index (χ3v) is 2.76. The minimum absolute atomic E-state index is 0.285. The van der Waals surface area contributed by atoms with Crippen LogP contribution in [-0.4, -0.2) is 0 Å². The van der Waals surface area contributed by atoms with Gasteiger partial charge in [-0.15, -0.1) is 0 Å². The summed E-state index contributed by atoms with van der Waals surface area (Å²) >= 11 is 0. The lowest BCUT2D eigenvalue weighted by Crippen LogP contribution is -2.06. The van der Waals surface area contributed by atoms with Crippen molar-refractivity contribution in [3.63, 3.8) is 0 Å². The average molecular weight is 216 g/mol. The zero-order valence-electron chi connectivity index (χ0n) is 9.10. The molecule has 1 aromatic rings. The third-order valence-electron chi connectivity index (χ3n) is 2.76. The van der Waals surface area contributed by atoms with Gasteiger partial charge in [-0.2, -0.15) is 13.2 Å². The van der Waals surface area contributed by atoms with Gasteiger partial charge >= 0.3 is 6.18 Å². The van der Waals surface area contributed by atoms with Crippen LogP contribution in [-0.2, 0) is 6.18 Å². The van der Waals surface area contributed by atoms with Gasteiger partial charge in [0, 0.05) is 0 Å². The number of alkyl halides is 3. The molecule has 0 aromatic heterocycles. The second kappa shape index (κ2) is 4.25. The van der Waals surface area contributed by atoms with Crippen LogP contribution >= 0.6 is 0 Å². The molecular formula is C12H15F3. The van der Waals surface area contributed by atoms with E-state index in [0.29, 0.717) is 5.92 Å². The predicted molar refractivity (Wildman–Crippen MR) is 54.7 cm³/mol. The Hall–Kier alpha value is -0.990. The zero-order valence-corrected chi connectivity index (χ0v) is 9.10. The van der Waals surface area contributed by atoms with E-state index >= 15 is 0 Å². The van der Waals surface area contributed by atoms with Crippen LogP contribution in [0.2, 0.25) is 0 Å². The van der Waals surface area contributed by atoms with E-state index in [1.165, 1.54) is 0 Å². The number of halogens is 3. The minimum atomic E-state index is -4.24. The first-order valence-corrected chi connectivity index (χ1v) is 4.99. The molecule has 0 radical (unpaired) electrons. The lowest BCUT2D eigenvalue weighted by atomic mass is 9.90. The van der Waals surface area contributed by atoms with Crippen LogP contribution in [0.1, 0.15) is 37.8 Å². The maximum absolute atomic E-state index is 12.3. The summed E-state index contributed by atoms with van der Waals surface area (Å²) in [5, 5.41) is 0. The van der Waals surface area contributed by atoms with Crippen LogP contribution in [0.3, 0.4) is 0 Å². The molecular weight excluding hydrogens is 201 g/mol. The van der Waals surface area contributed by atoms with Crippen LogP contribution in [0.4, 0.5) is 13.2 Å². The van der Waals surface area contributed by atoms with E-state index in [9.17, 15) is 13.2 Å². The van der Waals surface area contributed by atoms with Crippen molar-refractivity contribution in [3.8, 4) is 0 Å². The first-order valence-electron chi connectivity index (χ1n) is 4.99. The Morgan fingerprint density at radius 1 is 0.933 bits per heavy atom. The quantitative estimate of drug-likeness (QED) is 0.684. The summed E-state index contributed by atoms with van der Waals surface area (Å²) in [5.74, 6) is 0.717. The average Bonchev–Trinajstić information content (AvgIpc) is 2.15. The Morgan fingerprint density at radius 3 is 1.73 bits per heavy atom. The lowest BCUT2D eigenvalue weighted by Gasteiger charge is -2.16. The zero-order chi connectivity index (χ0) is 11.6. The van der Waals surface area contributed by atoms with Gasteiger partial charge in [-0.1, -0.05) is 32.9 Å². The van der Waals surface area contributed by atoms with Gasteiger partial charge in [0.05, 0.1) is 5.56 Å². The molecule has 0 spiro atoms. The summed E-state index contributed by atoms with van der Waals surface area (Å²) in [6, 6.07) is 5.42. The highest BCUT2D eigenvalue weighted by Crippen LogP contribution is 2.31. The van der Waals surface area contributed by atoms with E-state index in [-0.39, 0.29) is 5.92 Å². The number of hydrogen-bond acceptors (Lipinski definition) is 0. The summed E-state index contributed by atoms with van der Waals surface area (Å²) in [5.41, 5.74) is 0.375. The molecule has 0 N–H and O–H groups in total. The van der Waals surface area contributed by atoms with Crippen LogP contribution in [0.25, 0.3) is 0 Å². The Balaban J connectivity index is 2.91. The van der Waals surface area contributed by atoms with Crippen molar-refractivity contribution in [3.05, 3.63) is 35.4 Å². The molecule has 1 rings (SSSR count). The van der Waals surface area contributed by atoms with Crippen LogP contribution in [0.15, 0.2) is 24.3 Å². The topological polar surface area (TPSA) is 0 Å². The predicted octanol–water partition coefficient (Wildman–Crippen LogP) is 4.46. The fourth-order valence-corrected chi connectivity index (χ4v) is 1.36. The number of hydrogen-bond donors (Lipinski definition) is 0. The van der Waals surface area contributed by atoms with Gasteiger partial charge in [0.25, 0.3) is 0 Å². The lowest BCUT2D eigenvalue weighted by molar-refractivity contribution is -0.137. The van der Waals surface area contributed by atoms with Crippen molar-refractivity contribution in [2.24, 2.45) is 5.92 Å². The fourth-order valence-electron chi connectivity index (χ4n) is 1.36. The van der Waals surface area contributed by atoms with Crippen molar-refractivity contribution in [2.75, 3.05) is 0 Å². The smallest absolute Gasteiger partial charge is 0.166 e. The summed E-state index contributed by atoms with van der Waals surface area (Å²) in [6.45, 7) is 6.14. The first kappa shape index (κ1) is 12.1. The Kier molecular flexibility index (Phi) is 3.42. The van der Waals surface area contributed by atoms with Gasteiger partial charge in [-0.05, 0) is 29.5 Å². The van der Waals surface area contributed by atoms with Crippen molar-refractivity contribution in [1.82, 2.24) is 0 Å². The van der Waals surface area contributed by atoms with Gasteiger partial charge in [-0.3, -0.25) is 0 Å². The summed E-state index contributed by atoms with van der Waals surface area (Å²) in [6.07, 6.45) is -4.24. The first-order chi connectivity index (χ1) is 6.82. The highest BCUT2D eigenvalue weighted by atomic mass is 19.4. The summed E-state index contributed by atoms with van der Waals surface area (Å²) in [4.78, 5) is 0. The molecule has 1 atom stereocenters. The molecule has 1 aromatic carbocycles. The SMILES string of the molecule is CC(C)C(C)c1ccc(C(F)(F)F)cc1. The molecule has 84 valence electrons. The van der Waals surface area contributed by atoms with Gasteiger partial charge in [-0.25, -0.2) is 0 Å². The molecule has 0 nitrogen and oxygen atoms in total. The fraction of sp³-hybridized carbons (Fsp3) is 0.500. The van der Waals surface area contributed by atoms with Crippen molar-refractivity contribution in [2.45, 2.75) is 32.9 Å². The van der Waals surface area contributed by atoms with Crippen LogP contribution in [0.5, 0.6) is 0 Å². The van der Waals surface area contributed by atoms with Gasteiger partial charge in [0.2, 0.25) is 0 Å². The summed E-state index contributed by atoms with van der Waals surface area (Å²) < 4.78 is 36.8. The second-order valence-corrected chi connectivity index (χ2v) is 4.15. The van der Waals surface area contributed by atoms with Crippen molar-refractivity contribution < 1.29 is 13.2 Å². The maximum Gasteiger partial charge on any atom is 0.416 e. The standard InChI is InChI=1S/C12H15F3/c1-8(2)9(3)10-4-6-11(7-5-10)12(13,14)15/h4-9H,1-3H3. The molecule has 0 aliphatic rings. The molecule has 0 fully saturated rings. The number of rotatable bonds is 2.